The Kier molecular flexibility index (Phi) is 3.95. The highest BCUT2D eigenvalue weighted by molar-refractivity contribution is 6.34. The summed E-state index contributed by atoms with van der Waals surface area (Å²) in [6.45, 7) is 0. The molecule has 4 nitrogen and oxygen atoms in total. The highest BCUT2D eigenvalue weighted by Gasteiger charge is 2.42. The Morgan fingerprint density at radius 1 is 1.32 bits per heavy atom. The van der Waals surface area contributed by atoms with Crippen LogP contribution in [0.4, 0.5) is 11.4 Å². The molecule has 1 aliphatic carbocycles. The zero-order chi connectivity index (χ0) is 12.8. The minimum Gasteiger partial charge on any atom is -0.396 e. The second-order valence-corrected chi connectivity index (χ2v) is 5.47. The molecule has 3 rings (SSSR count). The van der Waals surface area contributed by atoms with E-state index in [9.17, 15) is 0 Å². The highest BCUT2D eigenvalue weighted by atomic mass is 35.5. The number of halogens is 2. The summed E-state index contributed by atoms with van der Waals surface area (Å²) in [5.41, 5.74) is 7.61. The van der Waals surface area contributed by atoms with Crippen LogP contribution in [0.25, 0.3) is 0 Å². The molecule has 2 aliphatic rings. The van der Waals surface area contributed by atoms with Crippen LogP contribution in [0, 0.1) is 0 Å². The number of rotatable bonds is 1. The van der Waals surface area contributed by atoms with E-state index < -0.39 is 0 Å². The van der Waals surface area contributed by atoms with Gasteiger partial charge < -0.3 is 10.6 Å². The van der Waals surface area contributed by atoms with Crippen molar-refractivity contribution in [3.63, 3.8) is 0 Å². The van der Waals surface area contributed by atoms with Crippen molar-refractivity contribution in [3.8, 4) is 5.75 Å². The van der Waals surface area contributed by atoms with Crippen molar-refractivity contribution in [2.45, 2.75) is 37.5 Å². The Bertz CT molecular complexity index is 526. The molecule has 0 saturated heterocycles. The highest BCUT2D eigenvalue weighted by Crippen LogP contribution is 2.54. The van der Waals surface area contributed by atoms with E-state index >= 15 is 0 Å². The lowest BCUT2D eigenvalue weighted by molar-refractivity contribution is -0.138. The molecule has 104 valence electrons. The van der Waals surface area contributed by atoms with E-state index in [-0.39, 0.29) is 17.8 Å². The molecule has 0 amide bonds. The van der Waals surface area contributed by atoms with Gasteiger partial charge in [0.1, 0.15) is 0 Å². The van der Waals surface area contributed by atoms with E-state index in [1.54, 1.807) is 6.07 Å². The summed E-state index contributed by atoms with van der Waals surface area (Å²) in [5.74, 6) is 0.314. The molecule has 3 N–H and O–H groups in total. The predicted octanol–water partition coefficient (Wildman–Crippen LogP) is 4.11. The van der Waals surface area contributed by atoms with Crippen molar-refractivity contribution in [1.82, 2.24) is 0 Å². The fraction of sp³-hybridized carbons (Fsp3) is 0.462. The van der Waals surface area contributed by atoms with Crippen LogP contribution in [0.3, 0.4) is 0 Å². The van der Waals surface area contributed by atoms with Crippen LogP contribution in [0.1, 0.15) is 37.7 Å². The van der Waals surface area contributed by atoms with Gasteiger partial charge in [0.25, 0.3) is 0 Å². The van der Waals surface area contributed by atoms with Crippen LogP contribution < -0.4 is 10.6 Å². The fourth-order valence-corrected chi connectivity index (χ4v) is 3.40. The lowest BCUT2D eigenvalue weighted by Gasteiger charge is -2.32. The van der Waals surface area contributed by atoms with E-state index in [0.717, 1.165) is 31.2 Å². The number of anilines is 1. The summed E-state index contributed by atoms with van der Waals surface area (Å²) in [6.07, 6.45) is 7.46. The van der Waals surface area contributed by atoms with Crippen molar-refractivity contribution < 1.29 is 10.1 Å². The Morgan fingerprint density at radius 3 is 2.63 bits per heavy atom. The van der Waals surface area contributed by atoms with Gasteiger partial charge in [0.2, 0.25) is 0 Å². The van der Waals surface area contributed by atoms with Crippen LogP contribution in [-0.4, -0.2) is 11.5 Å². The quantitative estimate of drug-likeness (QED) is 0.466. The summed E-state index contributed by atoms with van der Waals surface area (Å²) in [7, 11) is 0. The molecular formula is C13H16Cl2N2O2. The van der Waals surface area contributed by atoms with Crippen molar-refractivity contribution in [3.05, 3.63) is 16.7 Å². The third-order valence-corrected chi connectivity index (χ3v) is 4.30. The largest absolute Gasteiger partial charge is 0.396 e. The average molecular weight is 303 g/mol. The SMILES string of the molecule is Cl.Nc1cc(Cl)c2c(c1OO)C1(C=N2)CCCCC1. The zero-order valence-electron chi connectivity index (χ0n) is 10.4. The molecule has 1 aliphatic heterocycles. The average Bonchev–Trinajstić information content (AvgIpc) is 2.71. The summed E-state index contributed by atoms with van der Waals surface area (Å²) in [5, 5.41) is 9.62. The van der Waals surface area contributed by atoms with Gasteiger partial charge in [-0.25, -0.2) is 5.26 Å². The van der Waals surface area contributed by atoms with Gasteiger partial charge in [0.05, 0.1) is 16.4 Å². The minimum atomic E-state index is -0.162. The molecular weight excluding hydrogens is 287 g/mol. The number of hydrogen-bond donors (Lipinski definition) is 2. The number of nitrogens with two attached hydrogens (primary N) is 1. The van der Waals surface area contributed by atoms with Crippen molar-refractivity contribution >= 4 is 41.6 Å². The zero-order valence-corrected chi connectivity index (χ0v) is 11.9. The standard InChI is InChI=1S/C13H15ClN2O2.ClH/c14-8-6-9(15)12(18-17)10-11(8)16-7-13(10)4-2-1-3-5-13;/h6-7,17H,1-5,15H2;1H. The van der Waals surface area contributed by atoms with Crippen LogP contribution in [-0.2, 0) is 5.41 Å². The molecule has 1 fully saturated rings. The normalized spacial score (nSPS) is 19.1. The number of aliphatic imine (C=N–C) groups is 1. The van der Waals surface area contributed by atoms with Gasteiger partial charge in [-0.05, 0) is 18.9 Å². The maximum Gasteiger partial charge on any atom is 0.194 e. The minimum absolute atomic E-state index is 0. The van der Waals surface area contributed by atoms with Gasteiger partial charge in [0.15, 0.2) is 5.75 Å². The first-order valence-corrected chi connectivity index (χ1v) is 6.55. The topological polar surface area (TPSA) is 67.8 Å². The maximum atomic E-state index is 9.11. The Morgan fingerprint density at radius 2 is 2.00 bits per heavy atom. The third-order valence-electron chi connectivity index (χ3n) is 4.01. The number of nitrogen functional groups attached to an aromatic ring is 1. The summed E-state index contributed by atoms with van der Waals surface area (Å²) in [4.78, 5) is 8.93. The smallest absolute Gasteiger partial charge is 0.194 e. The molecule has 6 heteroatoms. The Balaban J connectivity index is 0.00000133. The molecule has 1 saturated carbocycles. The van der Waals surface area contributed by atoms with Crippen molar-refractivity contribution in [2.75, 3.05) is 5.73 Å². The van der Waals surface area contributed by atoms with Crippen LogP contribution in [0.2, 0.25) is 5.02 Å². The Labute approximate surface area is 123 Å². The molecule has 0 unspecified atom stereocenters. The predicted molar refractivity (Wildman–Crippen MR) is 79.3 cm³/mol. The van der Waals surface area contributed by atoms with E-state index in [0.29, 0.717) is 22.1 Å². The monoisotopic (exact) mass is 302 g/mol. The van der Waals surface area contributed by atoms with Gasteiger partial charge in [0, 0.05) is 17.2 Å². The summed E-state index contributed by atoms with van der Waals surface area (Å²) in [6, 6.07) is 1.57. The fourth-order valence-electron chi connectivity index (χ4n) is 3.14. The molecule has 1 heterocycles. The van der Waals surface area contributed by atoms with Crippen LogP contribution in [0.5, 0.6) is 5.75 Å². The molecule has 19 heavy (non-hydrogen) atoms. The van der Waals surface area contributed by atoms with E-state index in [2.05, 4.69) is 9.88 Å². The molecule has 1 aromatic rings. The van der Waals surface area contributed by atoms with Gasteiger partial charge in [-0.1, -0.05) is 30.9 Å². The lowest BCUT2D eigenvalue weighted by Crippen LogP contribution is -2.29. The first-order valence-electron chi connectivity index (χ1n) is 6.17. The number of nitrogens with zero attached hydrogens (tertiary/aromatic N) is 1. The second-order valence-electron chi connectivity index (χ2n) is 5.07. The molecule has 1 spiro atoms. The number of benzene rings is 1. The summed E-state index contributed by atoms with van der Waals surface area (Å²) < 4.78 is 0. The molecule has 1 aromatic carbocycles. The molecule has 0 aromatic heterocycles. The van der Waals surface area contributed by atoms with Gasteiger partial charge >= 0.3 is 0 Å². The first kappa shape index (κ1) is 14.4. The van der Waals surface area contributed by atoms with Crippen molar-refractivity contribution in [1.29, 1.82) is 0 Å². The number of hydrogen-bond acceptors (Lipinski definition) is 4. The first-order chi connectivity index (χ1) is 8.68. The maximum absolute atomic E-state index is 9.11. The van der Waals surface area contributed by atoms with E-state index in [4.69, 9.17) is 22.6 Å². The van der Waals surface area contributed by atoms with Gasteiger partial charge in [-0.3, -0.25) is 4.99 Å². The van der Waals surface area contributed by atoms with E-state index in [1.807, 2.05) is 6.21 Å². The third kappa shape index (κ3) is 2.08. The summed E-state index contributed by atoms with van der Waals surface area (Å²) >= 11 is 6.18. The molecule has 0 radical (unpaired) electrons. The van der Waals surface area contributed by atoms with E-state index in [1.165, 1.54) is 6.42 Å². The number of fused-ring (bicyclic) bond motifs is 2. The van der Waals surface area contributed by atoms with Gasteiger partial charge in [-0.15, -0.1) is 12.4 Å². The van der Waals surface area contributed by atoms with Gasteiger partial charge in [-0.2, -0.15) is 0 Å². The second kappa shape index (κ2) is 5.19. The van der Waals surface area contributed by atoms with Crippen molar-refractivity contribution in [2.24, 2.45) is 4.99 Å². The Hall–Kier alpha value is -0.970. The lowest BCUT2D eigenvalue weighted by atomic mass is 9.70. The molecule has 0 bridgehead atoms. The van der Waals surface area contributed by atoms with Crippen LogP contribution >= 0.6 is 24.0 Å². The van der Waals surface area contributed by atoms with Crippen LogP contribution in [0.15, 0.2) is 11.1 Å². The molecule has 0 atom stereocenters.